The quantitative estimate of drug-likeness (QED) is 0.309. The van der Waals surface area contributed by atoms with E-state index in [0.717, 1.165) is 11.3 Å². The molecule has 0 fully saturated rings. The van der Waals surface area contributed by atoms with Gasteiger partial charge in [-0.15, -0.1) is 0 Å². The zero-order chi connectivity index (χ0) is 22.8. The molecule has 1 amide bonds. The lowest BCUT2D eigenvalue weighted by molar-refractivity contribution is -0.127. The summed E-state index contributed by atoms with van der Waals surface area (Å²) in [5, 5.41) is 7.46. The Balaban J connectivity index is 1.44. The van der Waals surface area contributed by atoms with Crippen LogP contribution in [0, 0.1) is 0 Å². The number of carbonyl (C=O) groups is 1. The lowest BCUT2D eigenvalue weighted by atomic mass is 10.1. The second kappa shape index (κ2) is 9.21. The molecule has 0 N–H and O–H groups in total. The van der Waals surface area contributed by atoms with Crippen LogP contribution in [0.1, 0.15) is 12.0 Å². The minimum atomic E-state index is -0.205. The number of aromatic nitrogens is 2. The average Bonchev–Trinajstić information content (AvgIpc) is 3.34. The van der Waals surface area contributed by atoms with Gasteiger partial charge in [-0.3, -0.25) is 14.2 Å². The van der Waals surface area contributed by atoms with E-state index >= 15 is 0 Å². The monoisotopic (exact) mass is 474 g/mol. The van der Waals surface area contributed by atoms with Crippen molar-refractivity contribution in [2.45, 2.75) is 11.6 Å². The fourth-order valence-corrected chi connectivity index (χ4v) is 4.79. The highest BCUT2D eigenvalue weighted by Gasteiger charge is 2.23. The standard InChI is InChI=1S/C25H19ClN4O2S/c26-18-9-6-10-19(15-18)30-24(32)20-11-4-5-12-22(20)27-25(30)33-16-23(31)29-14-13-21(28-29)17-7-2-1-3-8-17/h1-12,15H,13-14,16H2. The first-order chi connectivity index (χ1) is 16.1. The smallest absolute Gasteiger partial charge is 0.266 e. The van der Waals surface area contributed by atoms with Crippen LogP contribution in [0.4, 0.5) is 0 Å². The highest BCUT2D eigenvalue weighted by atomic mass is 35.5. The predicted molar refractivity (Wildman–Crippen MR) is 132 cm³/mol. The maximum atomic E-state index is 13.3. The Hall–Kier alpha value is -3.42. The van der Waals surface area contributed by atoms with Gasteiger partial charge in [-0.1, -0.05) is 71.9 Å². The molecule has 1 aliphatic heterocycles. The van der Waals surface area contributed by atoms with Gasteiger partial charge in [0.25, 0.3) is 11.5 Å². The molecule has 3 aromatic carbocycles. The molecule has 0 saturated carbocycles. The van der Waals surface area contributed by atoms with Crippen molar-refractivity contribution >= 4 is 45.9 Å². The van der Waals surface area contributed by atoms with Gasteiger partial charge in [-0.2, -0.15) is 5.10 Å². The minimum Gasteiger partial charge on any atom is -0.272 e. The maximum Gasteiger partial charge on any atom is 0.266 e. The van der Waals surface area contributed by atoms with Gasteiger partial charge < -0.3 is 0 Å². The molecule has 164 valence electrons. The van der Waals surface area contributed by atoms with Gasteiger partial charge in [0, 0.05) is 11.4 Å². The zero-order valence-electron chi connectivity index (χ0n) is 17.5. The van der Waals surface area contributed by atoms with Crippen LogP contribution in [0.2, 0.25) is 5.02 Å². The van der Waals surface area contributed by atoms with Crippen LogP contribution in [0.15, 0.2) is 93.9 Å². The first kappa shape index (κ1) is 21.4. The Morgan fingerprint density at radius 2 is 1.79 bits per heavy atom. The summed E-state index contributed by atoms with van der Waals surface area (Å²) in [7, 11) is 0. The van der Waals surface area contributed by atoms with E-state index in [9.17, 15) is 9.59 Å². The van der Waals surface area contributed by atoms with Gasteiger partial charge in [-0.05, 0) is 35.9 Å². The lowest BCUT2D eigenvalue weighted by Crippen LogP contribution is -2.26. The third kappa shape index (κ3) is 4.42. The van der Waals surface area contributed by atoms with E-state index in [-0.39, 0.29) is 17.2 Å². The Bertz CT molecular complexity index is 1440. The molecule has 2 heterocycles. The number of para-hydroxylation sites is 1. The fourth-order valence-electron chi connectivity index (χ4n) is 3.72. The van der Waals surface area contributed by atoms with E-state index in [1.807, 2.05) is 36.4 Å². The second-order valence-electron chi connectivity index (χ2n) is 7.50. The summed E-state index contributed by atoms with van der Waals surface area (Å²) in [6, 6.07) is 24.1. The molecule has 0 atom stereocenters. The van der Waals surface area contributed by atoms with E-state index in [1.54, 1.807) is 42.5 Å². The molecule has 4 aromatic rings. The Morgan fingerprint density at radius 3 is 2.61 bits per heavy atom. The lowest BCUT2D eigenvalue weighted by Gasteiger charge is -2.15. The number of hydrogen-bond acceptors (Lipinski definition) is 5. The number of hydrazone groups is 1. The number of amides is 1. The molecule has 5 rings (SSSR count). The van der Waals surface area contributed by atoms with E-state index in [2.05, 4.69) is 10.1 Å². The molecule has 6 nitrogen and oxygen atoms in total. The number of thioether (sulfide) groups is 1. The SMILES string of the molecule is O=C(CSc1nc2ccccc2c(=O)n1-c1cccc(Cl)c1)N1CCC(c2ccccc2)=N1. The van der Waals surface area contributed by atoms with E-state index in [0.29, 0.717) is 39.7 Å². The molecule has 8 heteroatoms. The zero-order valence-corrected chi connectivity index (χ0v) is 19.1. The predicted octanol–water partition coefficient (Wildman–Crippen LogP) is 4.77. The van der Waals surface area contributed by atoms with Crippen molar-refractivity contribution < 1.29 is 4.79 Å². The number of benzene rings is 3. The van der Waals surface area contributed by atoms with Crippen molar-refractivity contribution in [3.05, 3.63) is 99.8 Å². The number of fused-ring (bicyclic) bond motifs is 1. The molecule has 0 saturated heterocycles. The summed E-state index contributed by atoms with van der Waals surface area (Å²) in [6.07, 6.45) is 0.710. The van der Waals surface area contributed by atoms with Crippen LogP contribution in [-0.2, 0) is 4.79 Å². The number of hydrogen-bond donors (Lipinski definition) is 0. The van der Waals surface area contributed by atoms with E-state index < -0.39 is 0 Å². The van der Waals surface area contributed by atoms with Crippen LogP contribution in [0.3, 0.4) is 0 Å². The van der Waals surface area contributed by atoms with Crippen LogP contribution >= 0.6 is 23.4 Å². The molecular weight excluding hydrogens is 456 g/mol. The largest absolute Gasteiger partial charge is 0.272 e. The van der Waals surface area contributed by atoms with E-state index in [1.165, 1.54) is 21.3 Å². The molecule has 0 bridgehead atoms. The van der Waals surface area contributed by atoms with Gasteiger partial charge in [0.2, 0.25) is 0 Å². The fraction of sp³-hybridized carbons (Fsp3) is 0.120. The number of nitrogens with zero attached hydrogens (tertiary/aromatic N) is 4. The van der Waals surface area contributed by atoms with Crippen molar-refractivity contribution in [2.75, 3.05) is 12.3 Å². The summed E-state index contributed by atoms with van der Waals surface area (Å²) in [5.74, 6) is -0.0253. The third-order valence-electron chi connectivity index (χ3n) is 5.33. The van der Waals surface area contributed by atoms with E-state index in [4.69, 9.17) is 11.6 Å². The normalized spacial score (nSPS) is 13.4. The van der Waals surface area contributed by atoms with Crippen molar-refractivity contribution in [3.63, 3.8) is 0 Å². The first-order valence-electron chi connectivity index (χ1n) is 10.4. The summed E-state index contributed by atoms with van der Waals surface area (Å²) >= 11 is 7.39. The highest BCUT2D eigenvalue weighted by Crippen LogP contribution is 2.24. The van der Waals surface area contributed by atoms with Crippen LogP contribution in [0.25, 0.3) is 16.6 Å². The minimum absolute atomic E-state index is 0.108. The van der Waals surface area contributed by atoms with Crippen LogP contribution in [-0.4, -0.2) is 38.5 Å². The summed E-state index contributed by atoms with van der Waals surface area (Å²) in [5.41, 5.74) is 2.90. The van der Waals surface area contributed by atoms with Crippen molar-refractivity contribution in [2.24, 2.45) is 5.10 Å². The van der Waals surface area contributed by atoms with Gasteiger partial charge in [-0.25, -0.2) is 9.99 Å². The van der Waals surface area contributed by atoms with Crippen LogP contribution in [0.5, 0.6) is 0 Å². The maximum absolute atomic E-state index is 13.3. The highest BCUT2D eigenvalue weighted by molar-refractivity contribution is 7.99. The molecule has 1 aliphatic rings. The third-order valence-corrected chi connectivity index (χ3v) is 6.49. The number of carbonyl (C=O) groups excluding carboxylic acids is 1. The molecule has 0 unspecified atom stereocenters. The Kier molecular flexibility index (Phi) is 5.98. The molecule has 0 spiro atoms. The molecule has 1 aromatic heterocycles. The second-order valence-corrected chi connectivity index (χ2v) is 8.88. The molecule has 0 aliphatic carbocycles. The molecule has 33 heavy (non-hydrogen) atoms. The summed E-state index contributed by atoms with van der Waals surface area (Å²) < 4.78 is 1.51. The Labute approximate surface area is 199 Å². The van der Waals surface area contributed by atoms with Gasteiger partial charge >= 0.3 is 0 Å². The topological polar surface area (TPSA) is 67.6 Å². The molecule has 0 radical (unpaired) electrons. The summed E-state index contributed by atoms with van der Waals surface area (Å²) in [4.78, 5) is 30.9. The van der Waals surface area contributed by atoms with Gasteiger partial charge in [0.1, 0.15) is 0 Å². The number of halogens is 1. The summed E-state index contributed by atoms with van der Waals surface area (Å²) in [6.45, 7) is 0.538. The van der Waals surface area contributed by atoms with Crippen molar-refractivity contribution in [1.82, 2.24) is 14.6 Å². The Morgan fingerprint density at radius 1 is 1.00 bits per heavy atom. The van der Waals surface area contributed by atoms with Gasteiger partial charge in [0.05, 0.1) is 34.6 Å². The van der Waals surface area contributed by atoms with Crippen LogP contribution < -0.4 is 5.56 Å². The first-order valence-corrected chi connectivity index (χ1v) is 11.8. The average molecular weight is 475 g/mol. The van der Waals surface area contributed by atoms with Crippen molar-refractivity contribution in [1.29, 1.82) is 0 Å². The molecular formula is C25H19ClN4O2S. The van der Waals surface area contributed by atoms with Crippen molar-refractivity contribution in [3.8, 4) is 5.69 Å². The van der Waals surface area contributed by atoms with Gasteiger partial charge in [0.15, 0.2) is 5.16 Å². The number of rotatable bonds is 5.